The standard InChI is InChI=1S/C12H11BrN2OS3/c1-17-11-9(12(18-2)19-15-11)10(16)14-8-5-3-7(13)4-6-8/h3-6H,1-2H3,(H,14,16). The van der Waals surface area contributed by atoms with Crippen molar-refractivity contribution in [2.75, 3.05) is 17.8 Å². The maximum atomic E-state index is 12.3. The number of halogens is 1. The number of hydrogen-bond acceptors (Lipinski definition) is 5. The van der Waals surface area contributed by atoms with Crippen LogP contribution in [0.3, 0.4) is 0 Å². The Balaban J connectivity index is 2.24. The number of aromatic nitrogens is 1. The lowest BCUT2D eigenvalue weighted by Crippen LogP contribution is -2.12. The van der Waals surface area contributed by atoms with Crippen LogP contribution in [0.1, 0.15) is 10.4 Å². The summed E-state index contributed by atoms with van der Waals surface area (Å²) in [4.78, 5) is 12.3. The van der Waals surface area contributed by atoms with E-state index in [0.717, 1.165) is 19.4 Å². The van der Waals surface area contributed by atoms with Gasteiger partial charge in [0.2, 0.25) is 0 Å². The van der Waals surface area contributed by atoms with Crippen LogP contribution >= 0.6 is 51.0 Å². The van der Waals surface area contributed by atoms with E-state index in [-0.39, 0.29) is 5.91 Å². The Morgan fingerprint density at radius 1 is 1.26 bits per heavy atom. The molecular weight excluding hydrogens is 364 g/mol. The second-order valence-electron chi connectivity index (χ2n) is 3.52. The molecule has 2 rings (SSSR count). The molecule has 0 saturated carbocycles. The lowest BCUT2D eigenvalue weighted by atomic mass is 10.3. The molecule has 1 aromatic carbocycles. The first-order valence-corrected chi connectivity index (χ1v) is 9.32. The molecule has 100 valence electrons. The molecule has 0 atom stereocenters. The number of benzene rings is 1. The van der Waals surface area contributed by atoms with Crippen molar-refractivity contribution in [2.24, 2.45) is 0 Å². The summed E-state index contributed by atoms with van der Waals surface area (Å²) in [6.45, 7) is 0. The van der Waals surface area contributed by atoms with Gasteiger partial charge in [-0.3, -0.25) is 4.79 Å². The van der Waals surface area contributed by atoms with Crippen LogP contribution < -0.4 is 5.32 Å². The molecule has 0 bridgehead atoms. The van der Waals surface area contributed by atoms with Gasteiger partial charge >= 0.3 is 0 Å². The molecule has 0 fully saturated rings. The van der Waals surface area contributed by atoms with Gasteiger partial charge in [0.25, 0.3) is 5.91 Å². The van der Waals surface area contributed by atoms with Gasteiger partial charge in [0.15, 0.2) is 0 Å². The van der Waals surface area contributed by atoms with Crippen molar-refractivity contribution in [3.05, 3.63) is 34.3 Å². The fourth-order valence-corrected chi connectivity index (χ4v) is 4.00. The van der Waals surface area contributed by atoms with E-state index in [1.807, 2.05) is 36.8 Å². The lowest BCUT2D eigenvalue weighted by Gasteiger charge is -2.06. The first-order chi connectivity index (χ1) is 9.15. The van der Waals surface area contributed by atoms with Gasteiger partial charge in [-0.1, -0.05) is 15.9 Å². The van der Waals surface area contributed by atoms with E-state index in [4.69, 9.17) is 0 Å². The van der Waals surface area contributed by atoms with Crippen molar-refractivity contribution in [3.63, 3.8) is 0 Å². The van der Waals surface area contributed by atoms with Crippen LogP contribution in [0.25, 0.3) is 0 Å². The van der Waals surface area contributed by atoms with E-state index >= 15 is 0 Å². The molecule has 0 spiro atoms. The van der Waals surface area contributed by atoms with Gasteiger partial charge < -0.3 is 5.32 Å². The van der Waals surface area contributed by atoms with Crippen LogP contribution in [0.2, 0.25) is 0 Å². The predicted molar refractivity (Wildman–Crippen MR) is 87.8 cm³/mol. The lowest BCUT2D eigenvalue weighted by molar-refractivity contribution is 0.102. The van der Waals surface area contributed by atoms with Crippen molar-refractivity contribution in [1.29, 1.82) is 0 Å². The van der Waals surface area contributed by atoms with Crippen molar-refractivity contribution in [3.8, 4) is 0 Å². The summed E-state index contributed by atoms with van der Waals surface area (Å²) in [5, 5.41) is 3.68. The Bertz CT molecular complexity index is 562. The molecule has 19 heavy (non-hydrogen) atoms. The first-order valence-electron chi connectivity index (χ1n) is 5.30. The topological polar surface area (TPSA) is 42.0 Å². The van der Waals surface area contributed by atoms with E-state index < -0.39 is 0 Å². The minimum Gasteiger partial charge on any atom is -0.322 e. The van der Waals surface area contributed by atoms with Crippen LogP contribution in [0.15, 0.2) is 38.0 Å². The van der Waals surface area contributed by atoms with Crippen molar-refractivity contribution in [1.82, 2.24) is 4.37 Å². The highest BCUT2D eigenvalue weighted by Gasteiger charge is 2.20. The van der Waals surface area contributed by atoms with Gasteiger partial charge in [0.05, 0.1) is 9.77 Å². The third-order valence-electron chi connectivity index (χ3n) is 2.34. The molecule has 0 aliphatic rings. The Morgan fingerprint density at radius 2 is 1.95 bits per heavy atom. The maximum absolute atomic E-state index is 12.3. The maximum Gasteiger partial charge on any atom is 0.260 e. The summed E-state index contributed by atoms with van der Waals surface area (Å²) < 4.78 is 6.22. The summed E-state index contributed by atoms with van der Waals surface area (Å²) in [6, 6.07) is 7.51. The van der Waals surface area contributed by atoms with Gasteiger partial charge in [0.1, 0.15) is 5.03 Å². The molecule has 0 saturated heterocycles. The van der Waals surface area contributed by atoms with E-state index in [1.165, 1.54) is 23.3 Å². The Labute approximate surface area is 132 Å². The number of carbonyl (C=O) groups is 1. The summed E-state index contributed by atoms with van der Waals surface area (Å²) >= 11 is 7.77. The van der Waals surface area contributed by atoms with Crippen LogP contribution in [0, 0.1) is 0 Å². The van der Waals surface area contributed by atoms with Crippen molar-refractivity contribution < 1.29 is 4.79 Å². The second kappa shape index (κ2) is 6.78. The molecule has 2 aromatic rings. The quantitative estimate of drug-likeness (QED) is 0.793. The first kappa shape index (κ1) is 14.9. The summed E-state index contributed by atoms with van der Waals surface area (Å²) in [5.74, 6) is -0.107. The van der Waals surface area contributed by atoms with Crippen molar-refractivity contribution >= 4 is 62.6 Å². The summed E-state index contributed by atoms with van der Waals surface area (Å²) in [6.07, 6.45) is 3.88. The second-order valence-corrected chi connectivity index (χ2v) is 7.08. The van der Waals surface area contributed by atoms with Crippen LogP contribution in [0.5, 0.6) is 0 Å². The third kappa shape index (κ3) is 3.53. The highest BCUT2D eigenvalue weighted by Crippen LogP contribution is 2.33. The molecule has 3 nitrogen and oxygen atoms in total. The molecule has 0 radical (unpaired) electrons. The molecule has 7 heteroatoms. The Morgan fingerprint density at radius 3 is 2.53 bits per heavy atom. The summed E-state index contributed by atoms with van der Waals surface area (Å²) in [7, 11) is 0. The monoisotopic (exact) mass is 374 g/mol. The smallest absolute Gasteiger partial charge is 0.260 e. The number of amides is 1. The minimum absolute atomic E-state index is 0.107. The fourth-order valence-electron chi connectivity index (χ4n) is 1.46. The van der Waals surface area contributed by atoms with Crippen LogP contribution in [0.4, 0.5) is 5.69 Å². The number of thioether (sulfide) groups is 2. The number of anilines is 1. The molecular formula is C12H11BrN2OS3. The van der Waals surface area contributed by atoms with Gasteiger partial charge in [-0.05, 0) is 48.3 Å². The Hall–Kier alpha value is -0.500. The van der Waals surface area contributed by atoms with Gasteiger partial charge in [-0.25, -0.2) is 0 Å². The van der Waals surface area contributed by atoms with E-state index in [2.05, 4.69) is 25.6 Å². The molecule has 1 amide bonds. The number of hydrogen-bond donors (Lipinski definition) is 1. The number of nitrogens with one attached hydrogen (secondary N) is 1. The molecule has 1 N–H and O–H groups in total. The summed E-state index contributed by atoms with van der Waals surface area (Å²) in [5.41, 5.74) is 1.45. The number of carbonyl (C=O) groups excluding carboxylic acids is 1. The average molecular weight is 375 g/mol. The highest BCUT2D eigenvalue weighted by molar-refractivity contribution is 9.10. The molecule has 0 aliphatic carbocycles. The minimum atomic E-state index is -0.107. The van der Waals surface area contributed by atoms with Crippen molar-refractivity contribution in [2.45, 2.75) is 9.24 Å². The largest absolute Gasteiger partial charge is 0.322 e. The molecule has 1 heterocycles. The molecule has 0 unspecified atom stereocenters. The number of nitrogens with zero attached hydrogens (tertiary/aromatic N) is 1. The average Bonchev–Trinajstić information content (AvgIpc) is 2.84. The Kier molecular flexibility index (Phi) is 5.32. The SMILES string of the molecule is CSc1nsc(SC)c1C(=O)Nc1ccc(Br)cc1. The third-order valence-corrected chi connectivity index (χ3v) is 5.61. The number of rotatable bonds is 4. The van der Waals surface area contributed by atoms with E-state index in [0.29, 0.717) is 5.56 Å². The molecule has 0 aliphatic heterocycles. The van der Waals surface area contributed by atoms with Gasteiger partial charge in [0, 0.05) is 10.2 Å². The molecule has 1 aromatic heterocycles. The highest BCUT2D eigenvalue weighted by atomic mass is 79.9. The van der Waals surface area contributed by atoms with Crippen LogP contribution in [-0.4, -0.2) is 22.8 Å². The predicted octanol–water partition coefficient (Wildman–Crippen LogP) is 4.60. The van der Waals surface area contributed by atoms with Gasteiger partial charge in [-0.15, -0.1) is 23.5 Å². The van der Waals surface area contributed by atoms with Gasteiger partial charge in [-0.2, -0.15) is 4.37 Å². The zero-order chi connectivity index (χ0) is 13.8. The normalized spacial score (nSPS) is 10.5. The zero-order valence-electron chi connectivity index (χ0n) is 10.3. The zero-order valence-corrected chi connectivity index (χ0v) is 14.3. The van der Waals surface area contributed by atoms with Crippen LogP contribution in [-0.2, 0) is 0 Å². The van der Waals surface area contributed by atoms with E-state index in [1.54, 1.807) is 11.8 Å². The fraction of sp³-hybridized carbons (Fsp3) is 0.167. The van der Waals surface area contributed by atoms with E-state index in [9.17, 15) is 4.79 Å².